The molecule has 0 unspecified atom stereocenters. The number of nitrogens with zero attached hydrogens (tertiary/aromatic N) is 1. The van der Waals surface area contributed by atoms with E-state index in [1.165, 1.54) is 4.90 Å². The summed E-state index contributed by atoms with van der Waals surface area (Å²) >= 11 is 0. The summed E-state index contributed by atoms with van der Waals surface area (Å²) in [5.74, 6) is 0.591. The number of hydrogen-bond donors (Lipinski definition) is 1. The second-order valence-corrected chi connectivity index (χ2v) is 8.50. The number of benzene rings is 2. The lowest BCUT2D eigenvalue weighted by atomic mass is 10.0. The number of nitrogens with one attached hydrogen (secondary N) is 1. The van der Waals surface area contributed by atoms with Crippen LogP contribution in [0.3, 0.4) is 0 Å². The first-order valence-corrected chi connectivity index (χ1v) is 10.4. The Hall–Kier alpha value is -3.08. The van der Waals surface area contributed by atoms with Gasteiger partial charge in [0.25, 0.3) is 11.8 Å². The fourth-order valence-electron chi connectivity index (χ4n) is 3.39. The molecule has 1 aliphatic rings. The van der Waals surface area contributed by atoms with Crippen molar-refractivity contribution in [2.24, 2.45) is 5.92 Å². The summed E-state index contributed by atoms with van der Waals surface area (Å²) in [6.07, 6.45) is 0. The molecule has 0 spiro atoms. The summed E-state index contributed by atoms with van der Waals surface area (Å²) in [5.41, 5.74) is 4.32. The van der Waals surface area contributed by atoms with Crippen LogP contribution < -0.4 is 10.1 Å². The predicted molar refractivity (Wildman–Crippen MR) is 120 cm³/mol. The number of amides is 2. The van der Waals surface area contributed by atoms with Crippen LogP contribution in [0.15, 0.2) is 48.2 Å². The lowest BCUT2D eigenvalue weighted by Crippen LogP contribution is -2.38. The van der Waals surface area contributed by atoms with Crippen LogP contribution >= 0.6 is 0 Å². The number of rotatable bonds is 7. The third-order valence-corrected chi connectivity index (χ3v) is 5.01. The average molecular weight is 407 g/mol. The van der Waals surface area contributed by atoms with Gasteiger partial charge in [-0.1, -0.05) is 38.1 Å². The molecule has 0 saturated heterocycles. The zero-order valence-electron chi connectivity index (χ0n) is 18.6. The van der Waals surface area contributed by atoms with E-state index in [4.69, 9.17) is 4.74 Å². The molecular formula is C25H30N2O3. The standard InChI is InChI=1S/C25H30N2O3/c1-15(2)14-30-20-11-9-19(10-12-20)22-23(25(29)27(16(3)4)24(22)28)26-21-13-17(5)7-8-18(21)6/h7-13,15-16,26H,14H2,1-6H3. The monoisotopic (exact) mass is 406 g/mol. The number of anilines is 1. The minimum atomic E-state index is -0.300. The quantitative estimate of drug-likeness (QED) is 0.662. The number of carbonyl (C=O) groups excluding carboxylic acids is 2. The van der Waals surface area contributed by atoms with Crippen molar-refractivity contribution in [2.75, 3.05) is 11.9 Å². The van der Waals surface area contributed by atoms with Crippen LogP contribution in [0.25, 0.3) is 5.57 Å². The van der Waals surface area contributed by atoms with E-state index in [0.29, 0.717) is 29.4 Å². The molecule has 2 amide bonds. The van der Waals surface area contributed by atoms with E-state index in [9.17, 15) is 9.59 Å². The second kappa shape index (κ2) is 8.74. The highest BCUT2D eigenvalue weighted by atomic mass is 16.5. The highest BCUT2D eigenvalue weighted by Crippen LogP contribution is 2.33. The second-order valence-electron chi connectivity index (χ2n) is 8.50. The fourth-order valence-corrected chi connectivity index (χ4v) is 3.39. The predicted octanol–water partition coefficient (Wildman–Crippen LogP) is 4.94. The van der Waals surface area contributed by atoms with Crippen molar-refractivity contribution in [2.45, 2.75) is 47.6 Å². The number of imide groups is 1. The van der Waals surface area contributed by atoms with E-state index >= 15 is 0 Å². The van der Waals surface area contributed by atoms with Gasteiger partial charge in [0.15, 0.2) is 0 Å². The molecule has 0 saturated carbocycles. The Bertz CT molecular complexity index is 988. The summed E-state index contributed by atoms with van der Waals surface area (Å²) in [7, 11) is 0. The number of ether oxygens (including phenoxy) is 1. The Morgan fingerprint density at radius 1 is 0.933 bits per heavy atom. The molecule has 0 radical (unpaired) electrons. The lowest BCUT2D eigenvalue weighted by molar-refractivity contribution is -0.138. The van der Waals surface area contributed by atoms with Crippen LogP contribution in [-0.2, 0) is 9.59 Å². The highest BCUT2D eigenvalue weighted by molar-refractivity contribution is 6.36. The molecule has 0 bridgehead atoms. The molecule has 158 valence electrons. The minimum Gasteiger partial charge on any atom is -0.493 e. The number of carbonyl (C=O) groups is 2. The molecule has 1 N–H and O–H groups in total. The maximum Gasteiger partial charge on any atom is 0.278 e. The Morgan fingerprint density at radius 3 is 2.20 bits per heavy atom. The summed E-state index contributed by atoms with van der Waals surface area (Å²) in [5, 5.41) is 3.25. The van der Waals surface area contributed by atoms with Crippen molar-refractivity contribution in [1.82, 2.24) is 4.90 Å². The number of aryl methyl sites for hydroxylation is 2. The van der Waals surface area contributed by atoms with Gasteiger partial charge in [-0.05, 0) is 68.5 Å². The Kier molecular flexibility index (Phi) is 6.30. The van der Waals surface area contributed by atoms with Crippen molar-refractivity contribution in [3.05, 3.63) is 64.9 Å². The maximum absolute atomic E-state index is 13.2. The fraction of sp³-hybridized carbons (Fsp3) is 0.360. The zero-order valence-corrected chi connectivity index (χ0v) is 18.6. The van der Waals surface area contributed by atoms with Gasteiger partial charge in [0.05, 0.1) is 12.2 Å². The van der Waals surface area contributed by atoms with E-state index in [1.807, 2.05) is 70.2 Å². The van der Waals surface area contributed by atoms with Crippen LogP contribution in [0, 0.1) is 19.8 Å². The van der Waals surface area contributed by atoms with Crippen molar-refractivity contribution in [1.29, 1.82) is 0 Å². The van der Waals surface area contributed by atoms with Gasteiger partial charge in [-0.2, -0.15) is 0 Å². The number of hydrogen-bond acceptors (Lipinski definition) is 4. The molecule has 30 heavy (non-hydrogen) atoms. The summed E-state index contributed by atoms with van der Waals surface area (Å²) in [6, 6.07) is 13.1. The third-order valence-electron chi connectivity index (χ3n) is 5.01. The summed E-state index contributed by atoms with van der Waals surface area (Å²) < 4.78 is 5.75. The third kappa shape index (κ3) is 4.40. The molecule has 0 fully saturated rings. The van der Waals surface area contributed by atoms with Gasteiger partial charge in [0.2, 0.25) is 0 Å². The smallest absolute Gasteiger partial charge is 0.278 e. The summed E-state index contributed by atoms with van der Waals surface area (Å²) in [6.45, 7) is 12.5. The van der Waals surface area contributed by atoms with Gasteiger partial charge in [0, 0.05) is 11.7 Å². The van der Waals surface area contributed by atoms with E-state index < -0.39 is 0 Å². The first-order valence-electron chi connectivity index (χ1n) is 10.4. The molecule has 2 aromatic rings. The molecule has 1 aliphatic heterocycles. The van der Waals surface area contributed by atoms with E-state index in [1.54, 1.807) is 0 Å². The van der Waals surface area contributed by atoms with Crippen molar-refractivity contribution >= 4 is 23.1 Å². The molecule has 1 heterocycles. The molecule has 3 rings (SSSR count). The summed E-state index contributed by atoms with van der Waals surface area (Å²) in [4.78, 5) is 27.6. The Balaban J connectivity index is 2.02. The largest absolute Gasteiger partial charge is 0.493 e. The lowest BCUT2D eigenvalue weighted by Gasteiger charge is -2.19. The van der Waals surface area contributed by atoms with Gasteiger partial charge in [0.1, 0.15) is 11.4 Å². The molecule has 5 nitrogen and oxygen atoms in total. The van der Waals surface area contributed by atoms with E-state index in [2.05, 4.69) is 19.2 Å². The van der Waals surface area contributed by atoms with E-state index in [-0.39, 0.29) is 17.9 Å². The average Bonchev–Trinajstić information content (AvgIpc) is 2.93. The molecular weight excluding hydrogens is 376 g/mol. The first kappa shape index (κ1) is 21.6. The van der Waals surface area contributed by atoms with Gasteiger partial charge in [-0.25, -0.2) is 0 Å². The molecule has 5 heteroatoms. The van der Waals surface area contributed by atoms with Crippen LogP contribution in [0.1, 0.15) is 44.4 Å². The highest BCUT2D eigenvalue weighted by Gasteiger charge is 2.40. The first-order chi connectivity index (χ1) is 14.2. The van der Waals surface area contributed by atoms with Crippen LogP contribution in [0.5, 0.6) is 5.75 Å². The van der Waals surface area contributed by atoms with Gasteiger partial charge in [-0.15, -0.1) is 0 Å². The molecule has 2 aromatic carbocycles. The normalized spacial score (nSPS) is 14.3. The molecule has 0 aromatic heterocycles. The van der Waals surface area contributed by atoms with Crippen LogP contribution in [0.4, 0.5) is 5.69 Å². The molecule has 0 atom stereocenters. The zero-order chi connectivity index (χ0) is 22.0. The van der Waals surface area contributed by atoms with Crippen LogP contribution in [-0.4, -0.2) is 29.4 Å². The van der Waals surface area contributed by atoms with Gasteiger partial charge >= 0.3 is 0 Å². The SMILES string of the molecule is Cc1ccc(C)c(NC2=C(c3ccc(OCC(C)C)cc3)C(=O)N(C(C)C)C2=O)c1. The van der Waals surface area contributed by atoms with Gasteiger partial charge in [-0.3, -0.25) is 14.5 Å². The Morgan fingerprint density at radius 2 is 1.60 bits per heavy atom. The van der Waals surface area contributed by atoms with E-state index in [0.717, 1.165) is 22.6 Å². The Labute approximate surface area is 178 Å². The van der Waals surface area contributed by atoms with Crippen molar-refractivity contribution in [3.63, 3.8) is 0 Å². The van der Waals surface area contributed by atoms with Gasteiger partial charge < -0.3 is 10.1 Å². The molecule has 0 aliphatic carbocycles. The van der Waals surface area contributed by atoms with Crippen molar-refractivity contribution in [3.8, 4) is 5.75 Å². The topological polar surface area (TPSA) is 58.6 Å². The van der Waals surface area contributed by atoms with Crippen molar-refractivity contribution < 1.29 is 14.3 Å². The van der Waals surface area contributed by atoms with Crippen LogP contribution in [0.2, 0.25) is 0 Å². The minimum absolute atomic E-state index is 0.230. The maximum atomic E-state index is 13.2.